The smallest absolute Gasteiger partial charge is 0.193 e. The maximum absolute atomic E-state index is 4.82. The Bertz CT molecular complexity index is 736. The van der Waals surface area contributed by atoms with Crippen LogP contribution in [0.5, 0.6) is 0 Å². The molecule has 0 aliphatic heterocycles. The second-order valence-electron chi connectivity index (χ2n) is 6.54. The molecular weight excluding hydrogens is 437 g/mol. The summed E-state index contributed by atoms with van der Waals surface area (Å²) in [5.74, 6) is 0.949. The minimum absolute atomic E-state index is 0. The number of hydrogen-bond acceptors (Lipinski definition) is 2. The van der Waals surface area contributed by atoms with E-state index in [0.29, 0.717) is 0 Å². The summed E-state index contributed by atoms with van der Waals surface area (Å²) in [7, 11) is 4.09. The summed E-state index contributed by atoms with van der Waals surface area (Å²) in [5.41, 5.74) is 6.28. The average molecular weight is 469 g/mol. The van der Waals surface area contributed by atoms with Crippen molar-refractivity contribution in [2.75, 3.05) is 20.1 Å². The number of guanidine groups is 1. The first-order valence-corrected chi connectivity index (χ1v) is 8.97. The number of aryl methyl sites for hydroxylation is 3. The second kappa shape index (κ2) is 10.5. The van der Waals surface area contributed by atoms with E-state index in [4.69, 9.17) is 4.99 Å². The second-order valence-corrected chi connectivity index (χ2v) is 6.54. The molecule has 6 heteroatoms. The van der Waals surface area contributed by atoms with E-state index in [2.05, 4.69) is 74.3 Å². The van der Waals surface area contributed by atoms with Gasteiger partial charge in [0.15, 0.2) is 5.96 Å². The Morgan fingerprint density at radius 2 is 1.92 bits per heavy atom. The highest BCUT2D eigenvalue weighted by molar-refractivity contribution is 14.0. The van der Waals surface area contributed by atoms with Gasteiger partial charge in [0.25, 0.3) is 0 Å². The first-order valence-electron chi connectivity index (χ1n) is 8.97. The van der Waals surface area contributed by atoms with Gasteiger partial charge in [0.2, 0.25) is 0 Å². The van der Waals surface area contributed by atoms with Crippen LogP contribution in [0.25, 0.3) is 0 Å². The lowest BCUT2D eigenvalue weighted by Gasteiger charge is -2.23. The van der Waals surface area contributed by atoms with Gasteiger partial charge in [-0.15, -0.1) is 24.0 Å². The molecule has 0 aliphatic rings. The number of halogens is 1. The van der Waals surface area contributed by atoms with Crippen molar-refractivity contribution in [2.45, 2.75) is 40.7 Å². The molecule has 0 bridgehead atoms. The maximum atomic E-state index is 4.82. The molecule has 1 N–H and O–H groups in total. The first-order chi connectivity index (χ1) is 11.9. The number of rotatable bonds is 6. The largest absolute Gasteiger partial charge is 0.357 e. The molecule has 0 amide bonds. The monoisotopic (exact) mass is 469 g/mol. The van der Waals surface area contributed by atoms with E-state index in [0.717, 1.165) is 37.7 Å². The normalized spacial score (nSPS) is 11.2. The molecule has 144 valence electrons. The van der Waals surface area contributed by atoms with Crippen LogP contribution in [-0.2, 0) is 20.0 Å². The third-order valence-corrected chi connectivity index (χ3v) is 4.65. The molecule has 0 aliphatic carbocycles. The van der Waals surface area contributed by atoms with Gasteiger partial charge in [-0.2, -0.15) is 5.10 Å². The number of benzene rings is 1. The van der Waals surface area contributed by atoms with Gasteiger partial charge in [-0.3, -0.25) is 9.67 Å². The molecule has 0 saturated carbocycles. The van der Waals surface area contributed by atoms with Crippen LogP contribution >= 0.6 is 24.0 Å². The molecule has 26 heavy (non-hydrogen) atoms. The van der Waals surface area contributed by atoms with Crippen LogP contribution in [-0.4, -0.2) is 40.8 Å². The summed E-state index contributed by atoms with van der Waals surface area (Å²) < 4.78 is 1.95. The number of hydrogen-bond donors (Lipinski definition) is 1. The van der Waals surface area contributed by atoms with E-state index >= 15 is 0 Å². The molecule has 1 aromatic heterocycles. The molecule has 1 aromatic carbocycles. The van der Waals surface area contributed by atoms with Gasteiger partial charge in [-0.1, -0.05) is 24.3 Å². The predicted octanol–water partition coefficient (Wildman–Crippen LogP) is 3.60. The van der Waals surface area contributed by atoms with E-state index < -0.39 is 0 Å². The van der Waals surface area contributed by atoms with E-state index in [1.54, 1.807) is 0 Å². The zero-order chi connectivity index (χ0) is 18.4. The van der Waals surface area contributed by atoms with E-state index in [1.165, 1.54) is 22.4 Å². The van der Waals surface area contributed by atoms with E-state index in [9.17, 15) is 0 Å². The zero-order valence-electron chi connectivity index (χ0n) is 16.8. The Balaban J connectivity index is 0.00000338. The van der Waals surface area contributed by atoms with Crippen molar-refractivity contribution >= 4 is 29.9 Å². The Morgan fingerprint density at radius 1 is 1.23 bits per heavy atom. The quantitative estimate of drug-likeness (QED) is 0.400. The van der Waals surface area contributed by atoms with Crippen LogP contribution in [0.2, 0.25) is 0 Å². The molecule has 5 nitrogen and oxygen atoms in total. The number of aliphatic imine (C=N–C) groups is 1. The fourth-order valence-corrected chi connectivity index (χ4v) is 3.04. The van der Waals surface area contributed by atoms with Crippen LogP contribution in [0.1, 0.15) is 35.0 Å². The van der Waals surface area contributed by atoms with Crippen molar-refractivity contribution in [1.82, 2.24) is 20.0 Å². The first kappa shape index (κ1) is 22.5. The summed E-state index contributed by atoms with van der Waals surface area (Å²) in [4.78, 5) is 7.01. The van der Waals surface area contributed by atoms with Crippen molar-refractivity contribution in [1.29, 1.82) is 0 Å². The summed E-state index contributed by atoms with van der Waals surface area (Å²) in [6.45, 7) is 10.9. The van der Waals surface area contributed by atoms with Crippen LogP contribution in [0.3, 0.4) is 0 Å². The van der Waals surface area contributed by atoms with Crippen molar-refractivity contribution < 1.29 is 0 Å². The SMILES string of the molecule is CCNC(=NCCc1c(C)nn(C)c1C)N(C)Cc1ccccc1C.I. The summed E-state index contributed by atoms with van der Waals surface area (Å²) >= 11 is 0. The average Bonchev–Trinajstić information content (AvgIpc) is 2.82. The molecule has 0 radical (unpaired) electrons. The zero-order valence-corrected chi connectivity index (χ0v) is 19.2. The topological polar surface area (TPSA) is 45.5 Å². The molecule has 0 atom stereocenters. The Labute approximate surface area is 174 Å². The van der Waals surface area contributed by atoms with Gasteiger partial charge in [-0.05, 0) is 50.8 Å². The van der Waals surface area contributed by atoms with Gasteiger partial charge in [0, 0.05) is 39.4 Å². The maximum Gasteiger partial charge on any atom is 0.193 e. The third kappa shape index (κ3) is 5.72. The summed E-state index contributed by atoms with van der Waals surface area (Å²) in [6, 6.07) is 8.50. The summed E-state index contributed by atoms with van der Waals surface area (Å²) in [5, 5.41) is 7.89. The van der Waals surface area contributed by atoms with E-state index in [-0.39, 0.29) is 24.0 Å². The lowest BCUT2D eigenvalue weighted by molar-refractivity contribution is 0.475. The molecule has 0 fully saturated rings. The van der Waals surface area contributed by atoms with Gasteiger partial charge >= 0.3 is 0 Å². The lowest BCUT2D eigenvalue weighted by Crippen LogP contribution is -2.38. The number of nitrogens with zero attached hydrogens (tertiary/aromatic N) is 4. The molecule has 0 spiro atoms. The fraction of sp³-hybridized carbons (Fsp3) is 0.500. The van der Waals surface area contributed by atoms with Crippen LogP contribution in [0, 0.1) is 20.8 Å². The molecule has 0 saturated heterocycles. The van der Waals surface area contributed by atoms with Gasteiger partial charge in [0.05, 0.1) is 5.69 Å². The highest BCUT2D eigenvalue weighted by atomic mass is 127. The number of aromatic nitrogens is 2. The minimum Gasteiger partial charge on any atom is -0.357 e. The van der Waals surface area contributed by atoms with E-state index in [1.807, 2.05) is 11.7 Å². The van der Waals surface area contributed by atoms with Crippen LogP contribution in [0.4, 0.5) is 0 Å². The van der Waals surface area contributed by atoms with Crippen molar-refractivity contribution in [2.24, 2.45) is 12.0 Å². The highest BCUT2D eigenvalue weighted by Gasteiger charge is 2.10. The highest BCUT2D eigenvalue weighted by Crippen LogP contribution is 2.13. The molecule has 2 rings (SSSR count). The Morgan fingerprint density at radius 3 is 2.50 bits per heavy atom. The Kier molecular flexibility index (Phi) is 9.12. The minimum atomic E-state index is 0. The third-order valence-electron chi connectivity index (χ3n) is 4.65. The van der Waals surface area contributed by atoms with Crippen molar-refractivity contribution in [3.8, 4) is 0 Å². The lowest BCUT2D eigenvalue weighted by atomic mass is 10.1. The van der Waals surface area contributed by atoms with Gasteiger partial charge in [0.1, 0.15) is 0 Å². The fourth-order valence-electron chi connectivity index (χ4n) is 3.04. The predicted molar refractivity (Wildman–Crippen MR) is 120 cm³/mol. The standard InChI is InChI=1S/C20H31N5.HI/c1-7-21-20(24(5)14-18-11-9-8-10-15(18)2)22-13-12-19-16(3)23-25(6)17(19)4;/h8-11H,7,12-14H2,1-6H3,(H,21,22);1H. The molecule has 1 heterocycles. The summed E-state index contributed by atoms with van der Waals surface area (Å²) in [6.07, 6.45) is 0.915. The van der Waals surface area contributed by atoms with Crippen molar-refractivity contribution in [3.05, 3.63) is 52.3 Å². The van der Waals surface area contributed by atoms with Gasteiger partial charge in [-0.25, -0.2) is 0 Å². The Hall–Kier alpha value is -1.57. The van der Waals surface area contributed by atoms with Crippen LogP contribution in [0.15, 0.2) is 29.3 Å². The molecular formula is C20H32IN5. The molecule has 0 unspecified atom stereocenters. The van der Waals surface area contributed by atoms with Crippen LogP contribution < -0.4 is 5.32 Å². The number of nitrogens with one attached hydrogen (secondary N) is 1. The van der Waals surface area contributed by atoms with Gasteiger partial charge < -0.3 is 10.2 Å². The van der Waals surface area contributed by atoms with Crippen molar-refractivity contribution in [3.63, 3.8) is 0 Å². The molecule has 2 aromatic rings.